The molecular formula is C20H15N3O2. The number of H-pyrrole nitrogens is 1. The van der Waals surface area contributed by atoms with Gasteiger partial charge >= 0.3 is 0 Å². The fraction of sp³-hybridized carbons (Fsp3) is 0. The van der Waals surface area contributed by atoms with E-state index in [1.165, 1.54) is 6.21 Å². The van der Waals surface area contributed by atoms with Crippen LogP contribution in [0.1, 0.15) is 16.1 Å². The third-order valence-corrected chi connectivity index (χ3v) is 3.92. The molecule has 25 heavy (non-hydrogen) atoms. The highest BCUT2D eigenvalue weighted by atomic mass is 16.3. The number of nitrogens with one attached hydrogen (secondary N) is 2. The van der Waals surface area contributed by atoms with Crippen LogP contribution >= 0.6 is 0 Å². The summed E-state index contributed by atoms with van der Waals surface area (Å²) in [6.45, 7) is 0. The standard InChI is InChI=1S/C20H15N3O2/c24-20(23-21-12-14-10-11-25-13-14)19-18(15-6-2-1-3-7-15)16-8-4-5-9-17(16)22-19/h1-13,22H,(H,23,24)/b21-12+. The van der Waals surface area contributed by atoms with Crippen LogP contribution in [0.2, 0.25) is 0 Å². The van der Waals surface area contributed by atoms with Gasteiger partial charge in [0, 0.05) is 22.0 Å². The van der Waals surface area contributed by atoms with Gasteiger partial charge in [-0.2, -0.15) is 5.10 Å². The summed E-state index contributed by atoms with van der Waals surface area (Å²) in [6, 6.07) is 19.4. The molecule has 2 N–H and O–H groups in total. The Labute approximate surface area is 144 Å². The van der Waals surface area contributed by atoms with Crippen LogP contribution in [-0.4, -0.2) is 17.1 Å². The van der Waals surface area contributed by atoms with Crippen LogP contribution in [0, 0.1) is 0 Å². The lowest BCUT2D eigenvalue weighted by Gasteiger charge is -2.04. The maximum Gasteiger partial charge on any atom is 0.288 e. The van der Waals surface area contributed by atoms with Crippen molar-refractivity contribution in [2.75, 3.05) is 0 Å². The molecule has 0 aliphatic heterocycles. The summed E-state index contributed by atoms with van der Waals surface area (Å²) in [6.07, 6.45) is 4.63. The molecule has 122 valence electrons. The van der Waals surface area contributed by atoms with E-state index in [1.807, 2.05) is 54.6 Å². The van der Waals surface area contributed by atoms with Crippen LogP contribution in [0.5, 0.6) is 0 Å². The Kier molecular flexibility index (Phi) is 3.88. The van der Waals surface area contributed by atoms with Gasteiger partial charge in [0.1, 0.15) is 5.69 Å². The minimum atomic E-state index is -0.296. The van der Waals surface area contributed by atoms with E-state index in [0.717, 1.165) is 27.6 Å². The molecule has 2 heterocycles. The van der Waals surface area contributed by atoms with E-state index in [1.54, 1.807) is 18.6 Å². The Balaban J connectivity index is 1.72. The minimum absolute atomic E-state index is 0.296. The van der Waals surface area contributed by atoms with Crippen LogP contribution < -0.4 is 5.43 Å². The van der Waals surface area contributed by atoms with E-state index in [0.29, 0.717) is 5.69 Å². The van der Waals surface area contributed by atoms with Crippen LogP contribution in [0.25, 0.3) is 22.0 Å². The van der Waals surface area contributed by atoms with E-state index >= 15 is 0 Å². The second kappa shape index (κ2) is 6.49. The first kappa shape index (κ1) is 15.0. The molecular weight excluding hydrogens is 314 g/mol. The molecule has 0 aliphatic rings. The fourth-order valence-corrected chi connectivity index (χ4v) is 2.79. The number of hydrogen-bond acceptors (Lipinski definition) is 3. The van der Waals surface area contributed by atoms with Gasteiger partial charge in [-0.25, -0.2) is 5.43 Å². The zero-order chi connectivity index (χ0) is 17.1. The first-order valence-corrected chi connectivity index (χ1v) is 7.84. The summed E-state index contributed by atoms with van der Waals surface area (Å²) in [5.74, 6) is -0.296. The van der Waals surface area contributed by atoms with Crippen molar-refractivity contribution in [3.63, 3.8) is 0 Å². The average molecular weight is 329 g/mol. The van der Waals surface area contributed by atoms with Crippen molar-refractivity contribution in [3.05, 3.63) is 84.4 Å². The van der Waals surface area contributed by atoms with Gasteiger partial charge in [0.25, 0.3) is 5.91 Å². The molecule has 5 nitrogen and oxygen atoms in total. The summed E-state index contributed by atoms with van der Waals surface area (Å²) in [7, 11) is 0. The molecule has 2 aromatic heterocycles. The van der Waals surface area contributed by atoms with Crippen molar-refractivity contribution in [1.29, 1.82) is 0 Å². The number of para-hydroxylation sites is 1. The molecule has 0 fully saturated rings. The molecule has 0 aliphatic carbocycles. The lowest BCUT2D eigenvalue weighted by molar-refractivity contribution is 0.0951. The largest absolute Gasteiger partial charge is 0.472 e. The maximum absolute atomic E-state index is 12.7. The van der Waals surface area contributed by atoms with E-state index in [-0.39, 0.29) is 5.91 Å². The summed E-state index contributed by atoms with van der Waals surface area (Å²) in [5, 5.41) is 4.99. The highest BCUT2D eigenvalue weighted by Crippen LogP contribution is 2.32. The predicted octanol–water partition coefficient (Wildman–Crippen LogP) is 4.19. The molecule has 0 saturated heterocycles. The third-order valence-electron chi connectivity index (χ3n) is 3.92. The second-order valence-electron chi connectivity index (χ2n) is 5.54. The molecule has 1 amide bonds. The Morgan fingerprint density at radius 3 is 2.64 bits per heavy atom. The van der Waals surface area contributed by atoms with Crippen LogP contribution in [0.15, 0.2) is 82.7 Å². The monoisotopic (exact) mass is 329 g/mol. The zero-order valence-electron chi connectivity index (χ0n) is 13.3. The number of hydrazone groups is 1. The lowest BCUT2D eigenvalue weighted by atomic mass is 10.0. The first-order chi connectivity index (χ1) is 12.3. The number of fused-ring (bicyclic) bond motifs is 1. The second-order valence-corrected chi connectivity index (χ2v) is 5.54. The average Bonchev–Trinajstić information content (AvgIpc) is 3.30. The van der Waals surface area contributed by atoms with Crippen LogP contribution in [0.4, 0.5) is 0 Å². The number of hydrogen-bond donors (Lipinski definition) is 2. The Hall–Kier alpha value is -3.60. The fourth-order valence-electron chi connectivity index (χ4n) is 2.79. The smallest absolute Gasteiger partial charge is 0.288 e. The van der Waals surface area contributed by atoms with Crippen molar-refractivity contribution in [1.82, 2.24) is 10.4 Å². The highest BCUT2D eigenvalue weighted by Gasteiger charge is 2.18. The number of rotatable bonds is 4. The molecule has 4 aromatic rings. The quantitative estimate of drug-likeness (QED) is 0.435. The van der Waals surface area contributed by atoms with Gasteiger partial charge in [-0.3, -0.25) is 4.79 Å². The maximum atomic E-state index is 12.7. The number of carbonyl (C=O) groups is 1. The SMILES string of the molecule is O=C(N/N=C/c1ccoc1)c1[nH]c2ccccc2c1-c1ccccc1. The zero-order valence-corrected chi connectivity index (χ0v) is 13.3. The number of furan rings is 1. The molecule has 0 atom stereocenters. The van der Waals surface area contributed by atoms with Gasteiger partial charge in [-0.15, -0.1) is 0 Å². The van der Waals surface area contributed by atoms with E-state index in [4.69, 9.17) is 4.42 Å². The van der Waals surface area contributed by atoms with Gasteiger partial charge in [-0.1, -0.05) is 48.5 Å². The number of aromatic amines is 1. The van der Waals surface area contributed by atoms with Crippen LogP contribution in [-0.2, 0) is 0 Å². The van der Waals surface area contributed by atoms with E-state index in [2.05, 4.69) is 15.5 Å². The van der Waals surface area contributed by atoms with Crippen molar-refractivity contribution < 1.29 is 9.21 Å². The van der Waals surface area contributed by atoms with Crippen molar-refractivity contribution in [2.24, 2.45) is 5.10 Å². The summed E-state index contributed by atoms with van der Waals surface area (Å²) in [5.41, 5.74) is 6.58. The molecule has 0 bridgehead atoms. The van der Waals surface area contributed by atoms with Gasteiger partial charge in [0.2, 0.25) is 0 Å². The molecule has 2 aromatic carbocycles. The van der Waals surface area contributed by atoms with Crippen molar-refractivity contribution in [3.8, 4) is 11.1 Å². The van der Waals surface area contributed by atoms with Gasteiger partial charge in [0.15, 0.2) is 0 Å². The number of carbonyl (C=O) groups excluding carboxylic acids is 1. The van der Waals surface area contributed by atoms with Crippen molar-refractivity contribution >= 4 is 23.0 Å². The number of aromatic nitrogens is 1. The molecule has 0 spiro atoms. The van der Waals surface area contributed by atoms with Crippen molar-refractivity contribution in [2.45, 2.75) is 0 Å². The molecule has 0 unspecified atom stereocenters. The molecule has 0 radical (unpaired) electrons. The summed E-state index contributed by atoms with van der Waals surface area (Å²) < 4.78 is 4.96. The Morgan fingerprint density at radius 1 is 1.04 bits per heavy atom. The normalized spacial score (nSPS) is 11.2. The van der Waals surface area contributed by atoms with Gasteiger partial charge in [-0.05, 0) is 17.7 Å². The van der Waals surface area contributed by atoms with Gasteiger partial charge in [0.05, 0.1) is 18.7 Å². The first-order valence-electron chi connectivity index (χ1n) is 7.84. The number of nitrogens with zero attached hydrogens (tertiary/aromatic N) is 1. The molecule has 0 saturated carbocycles. The molecule has 4 rings (SSSR count). The third kappa shape index (κ3) is 2.95. The summed E-state index contributed by atoms with van der Waals surface area (Å²) >= 11 is 0. The van der Waals surface area contributed by atoms with Gasteiger partial charge < -0.3 is 9.40 Å². The highest BCUT2D eigenvalue weighted by molar-refractivity contribution is 6.09. The number of benzene rings is 2. The lowest BCUT2D eigenvalue weighted by Crippen LogP contribution is -2.18. The van der Waals surface area contributed by atoms with E-state index < -0.39 is 0 Å². The topological polar surface area (TPSA) is 70.4 Å². The molecule has 5 heteroatoms. The Bertz CT molecular complexity index is 1030. The predicted molar refractivity (Wildman–Crippen MR) is 97.5 cm³/mol. The Morgan fingerprint density at radius 2 is 1.84 bits per heavy atom. The summed E-state index contributed by atoms with van der Waals surface area (Å²) in [4.78, 5) is 15.9. The van der Waals surface area contributed by atoms with E-state index in [9.17, 15) is 4.79 Å². The van der Waals surface area contributed by atoms with Crippen LogP contribution in [0.3, 0.4) is 0 Å². The minimum Gasteiger partial charge on any atom is -0.472 e. The number of amides is 1.